The highest BCUT2D eigenvalue weighted by molar-refractivity contribution is 5.38. The SMILES string of the molecule is CCN1CCCC1CN(C)c1cccc(CNC)n1. The maximum absolute atomic E-state index is 4.70. The van der Waals surface area contributed by atoms with E-state index < -0.39 is 0 Å². The molecule has 2 rings (SSSR count). The zero-order chi connectivity index (χ0) is 13.7. The van der Waals surface area contributed by atoms with Gasteiger partial charge in [-0.3, -0.25) is 4.90 Å². The quantitative estimate of drug-likeness (QED) is 0.846. The first kappa shape index (κ1) is 14.3. The Morgan fingerprint density at radius 1 is 1.47 bits per heavy atom. The van der Waals surface area contributed by atoms with E-state index in [1.165, 1.54) is 19.4 Å². The van der Waals surface area contributed by atoms with Crippen LogP contribution in [0.1, 0.15) is 25.5 Å². The summed E-state index contributed by atoms with van der Waals surface area (Å²) in [6.07, 6.45) is 2.65. The summed E-state index contributed by atoms with van der Waals surface area (Å²) >= 11 is 0. The van der Waals surface area contributed by atoms with Crippen LogP contribution in [0.4, 0.5) is 5.82 Å². The van der Waals surface area contributed by atoms with Crippen molar-refractivity contribution < 1.29 is 0 Å². The van der Waals surface area contributed by atoms with E-state index in [-0.39, 0.29) is 0 Å². The molecule has 0 radical (unpaired) electrons. The molecule has 1 fully saturated rings. The number of rotatable bonds is 6. The Kier molecular flexibility index (Phi) is 5.16. The topological polar surface area (TPSA) is 31.4 Å². The van der Waals surface area contributed by atoms with Crippen LogP contribution in [0.25, 0.3) is 0 Å². The fourth-order valence-electron chi connectivity index (χ4n) is 2.89. The third-order valence-corrected chi connectivity index (χ3v) is 3.93. The first-order valence-corrected chi connectivity index (χ1v) is 7.30. The maximum atomic E-state index is 4.70. The second-order valence-electron chi connectivity index (χ2n) is 5.32. The van der Waals surface area contributed by atoms with Crippen LogP contribution in [-0.4, -0.2) is 49.7 Å². The predicted octanol–water partition coefficient (Wildman–Crippen LogP) is 1.72. The molecule has 0 aromatic carbocycles. The van der Waals surface area contributed by atoms with Gasteiger partial charge in [0.1, 0.15) is 5.82 Å². The van der Waals surface area contributed by atoms with Gasteiger partial charge < -0.3 is 10.2 Å². The van der Waals surface area contributed by atoms with Gasteiger partial charge in [-0.15, -0.1) is 0 Å². The average Bonchev–Trinajstić information content (AvgIpc) is 2.86. The van der Waals surface area contributed by atoms with E-state index >= 15 is 0 Å². The van der Waals surface area contributed by atoms with E-state index in [0.717, 1.165) is 31.1 Å². The number of likely N-dealkylation sites (tertiary alicyclic amines) is 1. The Bertz CT molecular complexity index is 393. The van der Waals surface area contributed by atoms with Crippen molar-refractivity contribution in [3.8, 4) is 0 Å². The molecule has 1 saturated heterocycles. The van der Waals surface area contributed by atoms with E-state index in [1.807, 2.05) is 7.05 Å². The van der Waals surface area contributed by atoms with Crippen LogP contribution < -0.4 is 10.2 Å². The molecule has 1 aliphatic rings. The minimum Gasteiger partial charge on any atom is -0.358 e. The number of likely N-dealkylation sites (N-methyl/N-ethyl adjacent to an activating group) is 2. The lowest BCUT2D eigenvalue weighted by atomic mass is 10.2. The lowest BCUT2D eigenvalue weighted by Crippen LogP contribution is -2.39. The van der Waals surface area contributed by atoms with Crippen LogP contribution in [0, 0.1) is 0 Å². The fraction of sp³-hybridized carbons (Fsp3) is 0.667. The van der Waals surface area contributed by atoms with Gasteiger partial charge in [-0.2, -0.15) is 0 Å². The second kappa shape index (κ2) is 6.87. The van der Waals surface area contributed by atoms with Crippen molar-refractivity contribution in [3.63, 3.8) is 0 Å². The molecule has 0 bridgehead atoms. The molecule has 1 unspecified atom stereocenters. The molecule has 0 spiro atoms. The lowest BCUT2D eigenvalue weighted by molar-refractivity contribution is 0.270. The van der Waals surface area contributed by atoms with Crippen LogP contribution in [-0.2, 0) is 6.54 Å². The highest BCUT2D eigenvalue weighted by Gasteiger charge is 2.24. The average molecular weight is 262 g/mol. The van der Waals surface area contributed by atoms with Crippen LogP contribution in [0.15, 0.2) is 18.2 Å². The zero-order valence-electron chi connectivity index (χ0n) is 12.4. The smallest absolute Gasteiger partial charge is 0.128 e. The highest BCUT2D eigenvalue weighted by atomic mass is 15.2. The molecule has 1 aromatic heterocycles. The summed E-state index contributed by atoms with van der Waals surface area (Å²) < 4.78 is 0. The summed E-state index contributed by atoms with van der Waals surface area (Å²) in [5.41, 5.74) is 1.10. The van der Waals surface area contributed by atoms with Gasteiger partial charge in [0.2, 0.25) is 0 Å². The van der Waals surface area contributed by atoms with Crippen molar-refractivity contribution in [2.75, 3.05) is 38.6 Å². The van der Waals surface area contributed by atoms with Gasteiger partial charge in [-0.25, -0.2) is 4.98 Å². The van der Waals surface area contributed by atoms with Gasteiger partial charge in [0, 0.05) is 26.2 Å². The molecule has 0 aliphatic carbocycles. The number of aromatic nitrogens is 1. The molecule has 1 aliphatic heterocycles. The fourth-order valence-corrected chi connectivity index (χ4v) is 2.89. The van der Waals surface area contributed by atoms with Gasteiger partial charge >= 0.3 is 0 Å². The van der Waals surface area contributed by atoms with Gasteiger partial charge in [0.25, 0.3) is 0 Å². The summed E-state index contributed by atoms with van der Waals surface area (Å²) in [5, 5.41) is 3.15. The normalized spacial score (nSPS) is 19.8. The number of hydrogen-bond acceptors (Lipinski definition) is 4. The summed E-state index contributed by atoms with van der Waals surface area (Å²) in [5.74, 6) is 1.08. The van der Waals surface area contributed by atoms with Crippen molar-refractivity contribution in [2.45, 2.75) is 32.4 Å². The first-order valence-electron chi connectivity index (χ1n) is 7.30. The van der Waals surface area contributed by atoms with E-state index in [0.29, 0.717) is 6.04 Å². The van der Waals surface area contributed by atoms with Gasteiger partial charge in [0.05, 0.1) is 5.69 Å². The summed E-state index contributed by atoms with van der Waals surface area (Å²) in [7, 11) is 4.10. The summed E-state index contributed by atoms with van der Waals surface area (Å²) in [4.78, 5) is 9.57. The summed E-state index contributed by atoms with van der Waals surface area (Å²) in [6.45, 7) is 6.56. The lowest BCUT2D eigenvalue weighted by Gasteiger charge is -2.28. The molecule has 19 heavy (non-hydrogen) atoms. The largest absolute Gasteiger partial charge is 0.358 e. The molecule has 4 nitrogen and oxygen atoms in total. The van der Waals surface area contributed by atoms with Gasteiger partial charge in [-0.05, 0) is 45.1 Å². The number of nitrogens with one attached hydrogen (secondary N) is 1. The van der Waals surface area contributed by atoms with Crippen molar-refractivity contribution in [2.24, 2.45) is 0 Å². The molecule has 1 atom stereocenters. The Hall–Kier alpha value is -1.13. The first-order chi connectivity index (χ1) is 9.24. The molecule has 1 aromatic rings. The molecular weight excluding hydrogens is 236 g/mol. The van der Waals surface area contributed by atoms with Crippen LogP contribution in [0.2, 0.25) is 0 Å². The Morgan fingerprint density at radius 2 is 2.32 bits per heavy atom. The van der Waals surface area contributed by atoms with Gasteiger partial charge in [0.15, 0.2) is 0 Å². The molecule has 106 valence electrons. The zero-order valence-corrected chi connectivity index (χ0v) is 12.4. The second-order valence-corrected chi connectivity index (χ2v) is 5.32. The van der Waals surface area contributed by atoms with E-state index in [9.17, 15) is 0 Å². The third-order valence-electron chi connectivity index (χ3n) is 3.93. The Balaban J connectivity index is 1.98. The van der Waals surface area contributed by atoms with E-state index in [4.69, 9.17) is 4.98 Å². The third kappa shape index (κ3) is 3.67. The summed E-state index contributed by atoms with van der Waals surface area (Å²) in [6, 6.07) is 6.95. The minimum absolute atomic E-state index is 0.685. The molecule has 4 heteroatoms. The maximum Gasteiger partial charge on any atom is 0.128 e. The molecule has 0 amide bonds. The van der Waals surface area contributed by atoms with E-state index in [1.54, 1.807) is 0 Å². The Morgan fingerprint density at radius 3 is 3.05 bits per heavy atom. The van der Waals surface area contributed by atoms with Crippen LogP contribution >= 0.6 is 0 Å². The molecule has 0 saturated carbocycles. The monoisotopic (exact) mass is 262 g/mol. The number of pyridine rings is 1. The van der Waals surface area contributed by atoms with Crippen molar-refractivity contribution in [1.82, 2.24) is 15.2 Å². The molecular formula is C15H26N4. The van der Waals surface area contributed by atoms with E-state index in [2.05, 4.69) is 47.3 Å². The predicted molar refractivity (Wildman–Crippen MR) is 80.5 cm³/mol. The standard InChI is InChI=1S/C15H26N4/c1-4-19-10-6-8-14(19)12-18(3)15-9-5-7-13(17-15)11-16-2/h5,7,9,14,16H,4,6,8,10-12H2,1-3H3. The van der Waals surface area contributed by atoms with Crippen molar-refractivity contribution in [3.05, 3.63) is 23.9 Å². The van der Waals surface area contributed by atoms with Crippen LogP contribution in [0.5, 0.6) is 0 Å². The van der Waals surface area contributed by atoms with Crippen LogP contribution in [0.3, 0.4) is 0 Å². The number of anilines is 1. The number of hydrogen-bond donors (Lipinski definition) is 1. The molecule has 2 heterocycles. The molecule has 1 N–H and O–H groups in total. The minimum atomic E-state index is 0.685. The van der Waals surface area contributed by atoms with Gasteiger partial charge in [-0.1, -0.05) is 13.0 Å². The van der Waals surface area contributed by atoms with Crippen molar-refractivity contribution >= 4 is 5.82 Å². The number of nitrogens with zero attached hydrogens (tertiary/aromatic N) is 3. The Labute approximate surface area is 116 Å². The van der Waals surface area contributed by atoms with Crippen molar-refractivity contribution in [1.29, 1.82) is 0 Å². The highest BCUT2D eigenvalue weighted by Crippen LogP contribution is 2.19.